The van der Waals surface area contributed by atoms with Crippen LogP contribution in [0, 0.1) is 5.92 Å². The largest absolute Gasteiger partial charge is 0.459 e. The van der Waals surface area contributed by atoms with Gasteiger partial charge in [-0.15, -0.1) is 0 Å². The fourth-order valence-corrected chi connectivity index (χ4v) is 2.47. The van der Waals surface area contributed by atoms with Crippen LogP contribution in [0.3, 0.4) is 0 Å². The third-order valence-corrected chi connectivity index (χ3v) is 3.92. The van der Waals surface area contributed by atoms with Crippen LogP contribution in [0.25, 0.3) is 0 Å². The summed E-state index contributed by atoms with van der Waals surface area (Å²) in [5.41, 5.74) is 0.485. The number of rotatable bonds is 6. The van der Waals surface area contributed by atoms with Crippen LogP contribution in [0.15, 0.2) is 36.9 Å². The highest BCUT2D eigenvalue weighted by Crippen LogP contribution is 2.26. The summed E-state index contributed by atoms with van der Waals surface area (Å²) in [5, 5.41) is 0. The first-order chi connectivity index (χ1) is 11.1. The smallest absolute Gasteiger partial charge is 0.338 e. The summed E-state index contributed by atoms with van der Waals surface area (Å²) in [7, 11) is 0. The van der Waals surface area contributed by atoms with E-state index < -0.39 is 5.97 Å². The summed E-state index contributed by atoms with van der Waals surface area (Å²) in [5.74, 6) is 0.364. The predicted octanol–water partition coefficient (Wildman–Crippen LogP) is 3.49. The SMILES string of the molecule is C=CC(=O)OCOc1ccc(C(=O)OC2CCC(C)CC2)cc1. The van der Waals surface area contributed by atoms with Gasteiger partial charge in [0, 0.05) is 6.08 Å². The van der Waals surface area contributed by atoms with E-state index in [1.807, 2.05) is 0 Å². The highest BCUT2D eigenvalue weighted by Gasteiger charge is 2.22. The first kappa shape index (κ1) is 17.1. The fourth-order valence-electron chi connectivity index (χ4n) is 2.47. The van der Waals surface area contributed by atoms with Crippen molar-refractivity contribution in [3.63, 3.8) is 0 Å². The standard InChI is InChI=1S/C18H22O5/c1-3-17(19)22-12-21-15-10-6-14(7-11-15)18(20)23-16-8-4-13(2)5-9-16/h3,6-7,10-11,13,16H,1,4-5,8-9,12H2,2H3. The quantitative estimate of drug-likeness (QED) is 0.456. The van der Waals surface area contributed by atoms with E-state index in [0.29, 0.717) is 11.3 Å². The highest BCUT2D eigenvalue weighted by molar-refractivity contribution is 5.89. The molecule has 5 heteroatoms. The van der Waals surface area contributed by atoms with Crippen molar-refractivity contribution in [1.82, 2.24) is 0 Å². The topological polar surface area (TPSA) is 61.8 Å². The third-order valence-electron chi connectivity index (χ3n) is 3.92. The third kappa shape index (κ3) is 5.43. The zero-order valence-corrected chi connectivity index (χ0v) is 13.3. The van der Waals surface area contributed by atoms with Gasteiger partial charge in [-0.25, -0.2) is 9.59 Å². The van der Waals surface area contributed by atoms with Crippen LogP contribution in [-0.2, 0) is 14.3 Å². The molecule has 1 fully saturated rings. The lowest BCUT2D eigenvalue weighted by atomic mass is 9.89. The summed E-state index contributed by atoms with van der Waals surface area (Å²) in [4.78, 5) is 23.0. The molecule has 0 aliphatic heterocycles. The predicted molar refractivity (Wildman–Crippen MR) is 85.1 cm³/mol. The number of esters is 2. The van der Waals surface area contributed by atoms with Gasteiger partial charge in [-0.05, 0) is 55.9 Å². The number of benzene rings is 1. The van der Waals surface area contributed by atoms with Crippen molar-refractivity contribution in [2.24, 2.45) is 5.92 Å². The molecule has 0 spiro atoms. The molecule has 2 rings (SSSR count). The number of ether oxygens (including phenoxy) is 3. The molecule has 0 bridgehead atoms. The number of hydrogen-bond donors (Lipinski definition) is 0. The number of carbonyl (C=O) groups excluding carboxylic acids is 2. The molecule has 0 atom stereocenters. The van der Waals surface area contributed by atoms with E-state index >= 15 is 0 Å². The molecule has 0 N–H and O–H groups in total. The van der Waals surface area contributed by atoms with E-state index in [1.54, 1.807) is 24.3 Å². The molecular weight excluding hydrogens is 296 g/mol. The second-order valence-electron chi connectivity index (χ2n) is 5.74. The molecule has 0 radical (unpaired) electrons. The van der Waals surface area contributed by atoms with E-state index in [2.05, 4.69) is 13.5 Å². The van der Waals surface area contributed by atoms with Gasteiger partial charge in [-0.2, -0.15) is 0 Å². The van der Waals surface area contributed by atoms with Crippen molar-refractivity contribution in [1.29, 1.82) is 0 Å². The monoisotopic (exact) mass is 318 g/mol. The fraction of sp³-hybridized carbons (Fsp3) is 0.444. The van der Waals surface area contributed by atoms with Crippen LogP contribution in [0.1, 0.15) is 43.0 Å². The summed E-state index contributed by atoms with van der Waals surface area (Å²) in [6.07, 6.45) is 5.16. The zero-order valence-electron chi connectivity index (χ0n) is 13.3. The van der Waals surface area contributed by atoms with Gasteiger partial charge in [0.05, 0.1) is 5.56 Å². The van der Waals surface area contributed by atoms with Crippen molar-refractivity contribution in [2.75, 3.05) is 6.79 Å². The Morgan fingerprint density at radius 2 is 1.83 bits per heavy atom. The molecule has 23 heavy (non-hydrogen) atoms. The molecule has 0 saturated heterocycles. The lowest BCUT2D eigenvalue weighted by Gasteiger charge is -2.25. The Bertz CT molecular complexity index is 541. The molecule has 0 heterocycles. The molecule has 1 aromatic carbocycles. The second-order valence-corrected chi connectivity index (χ2v) is 5.74. The normalized spacial score (nSPS) is 20.4. The van der Waals surface area contributed by atoms with Crippen molar-refractivity contribution in [3.05, 3.63) is 42.5 Å². The van der Waals surface area contributed by atoms with Gasteiger partial charge in [0.25, 0.3) is 0 Å². The van der Waals surface area contributed by atoms with Crippen LogP contribution in [0.4, 0.5) is 0 Å². The van der Waals surface area contributed by atoms with Gasteiger partial charge >= 0.3 is 11.9 Å². The highest BCUT2D eigenvalue weighted by atomic mass is 16.7. The van der Waals surface area contributed by atoms with E-state index in [0.717, 1.165) is 37.7 Å². The molecule has 1 aliphatic carbocycles. The van der Waals surface area contributed by atoms with Crippen molar-refractivity contribution >= 4 is 11.9 Å². The van der Waals surface area contributed by atoms with Gasteiger partial charge in [0.2, 0.25) is 6.79 Å². The maximum absolute atomic E-state index is 12.1. The van der Waals surface area contributed by atoms with Gasteiger partial charge in [-0.3, -0.25) is 0 Å². The van der Waals surface area contributed by atoms with Crippen LogP contribution in [0.5, 0.6) is 5.75 Å². The Balaban J connectivity index is 1.80. The average molecular weight is 318 g/mol. The first-order valence-electron chi connectivity index (χ1n) is 7.81. The van der Waals surface area contributed by atoms with Gasteiger partial charge in [0.15, 0.2) is 0 Å². The Kier molecular flexibility index (Phi) is 6.20. The van der Waals surface area contributed by atoms with E-state index in [4.69, 9.17) is 14.2 Å². The van der Waals surface area contributed by atoms with E-state index in [9.17, 15) is 9.59 Å². The van der Waals surface area contributed by atoms with Crippen LogP contribution >= 0.6 is 0 Å². The minimum Gasteiger partial charge on any atom is -0.459 e. The van der Waals surface area contributed by atoms with Crippen LogP contribution < -0.4 is 4.74 Å². The molecule has 1 saturated carbocycles. The molecule has 0 aromatic heterocycles. The molecule has 1 aliphatic rings. The van der Waals surface area contributed by atoms with Crippen molar-refractivity contribution in [2.45, 2.75) is 38.7 Å². The van der Waals surface area contributed by atoms with Crippen LogP contribution in [-0.4, -0.2) is 24.8 Å². The Morgan fingerprint density at radius 1 is 1.17 bits per heavy atom. The molecule has 124 valence electrons. The number of hydrogen-bond acceptors (Lipinski definition) is 5. The zero-order chi connectivity index (χ0) is 16.7. The van der Waals surface area contributed by atoms with Crippen molar-refractivity contribution < 1.29 is 23.8 Å². The van der Waals surface area contributed by atoms with E-state index in [1.165, 1.54) is 0 Å². The van der Waals surface area contributed by atoms with E-state index in [-0.39, 0.29) is 18.9 Å². The van der Waals surface area contributed by atoms with Gasteiger partial charge < -0.3 is 14.2 Å². The molecule has 0 amide bonds. The van der Waals surface area contributed by atoms with Crippen molar-refractivity contribution in [3.8, 4) is 5.75 Å². The average Bonchev–Trinajstić information content (AvgIpc) is 2.57. The Labute approximate surface area is 136 Å². The summed E-state index contributed by atoms with van der Waals surface area (Å²) >= 11 is 0. The lowest BCUT2D eigenvalue weighted by molar-refractivity contribution is -0.144. The molecule has 0 unspecified atom stereocenters. The molecule has 1 aromatic rings. The maximum atomic E-state index is 12.1. The minimum absolute atomic E-state index is 0.0212. The lowest BCUT2D eigenvalue weighted by Crippen LogP contribution is -2.23. The second kappa shape index (κ2) is 8.36. The first-order valence-corrected chi connectivity index (χ1v) is 7.81. The minimum atomic E-state index is -0.549. The summed E-state index contributed by atoms with van der Waals surface area (Å²) in [6.45, 7) is 5.31. The molecule has 5 nitrogen and oxygen atoms in total. The van der Waals surface area contributed by atoms with Gasteiger partial charge in [-0.1, -0.05) is 13.5 Å². The summed E-state index contributed by atoms with van der Waals surface area (Å²) in [6, 6.07) is 6.56. The maximum Gasteiger partial charge on any atom is 0.338 e. The number of carbonyl (C=O) groups is 2. The van der Waals surface area contributed by atoms with Gasteiger partial charge in [0.1, 0.15) is 11.9 Å². The van der Waals surface area contributed by atoms with Crippen LogP contribution in [0.2, 0.25) is 0 Å². The molecular formula is C18H22O5. The Morgan fingerprint density at radius 3 is 2.43 bits per heavy atom. The Hall–Kier alpha value is -2.30. The summed E-state index contributed by atoms with van der Waals surface area (Å²) < 4.78 is 15.5.